The van der Waals surface area contributed by atoms with Gasteiger partial charge in [0, 0.05) is 8.95 Å². The van der Waals surface area contributed by atoms with Crippen molar-refractivity contribution in [2.24, 2.45) is 10.2 Å². The first kappa shape index (κ1) is 33.8. The number of hydrogen-bond donors (Lipinski definition) is 1. The van der Waals surface area contributed by atoms with Gasteiger partial charge in [-0.3, -0.25) is 4.79 Å². The lowest BCUT2D eigenvalue weighted by Crippen LogP contribution is -2.24. The van der Waals surface area contributed by atoms with Gasteiger partial charge in [-0.05, 0) is 58.2 Å². The van der Waals surface area contributed by atoms with E-state index in [0.29, 0.717) is 19.7 Å². The monoisotopic (exact) mass is 727 g/mol. The van der Waals surface area contributed by atoms with E-state index in [9.17, 15) is 13.2 Å². The van der Waals surface area contributed by atoms with Gasteiger partial charge in [-0.25, -0.2) is 0 Å². The fourth-order valence-corrected chi connectivity index (χ4v) is 7.80. The van der Waals surface area contributed by atoms with Gasteiger partial charge in [0.2, 0.25) is 5.91 Å². The van der Waals surface area contributed by atoms with Crippen LogP contribution in [0.3, 0.4) is 0 Å². The van der Waals surface area contributed by atoms with Crippen molar-refractivity contribution in [2.45, 2.75) is 101 Å². The number of amidine groups is 1. The lowest BCUT2D eigenvalue weighted by Gasteiger charge is -2.09. The Morgan fingerprint density at radius 3 is 2.27 bits per heavy atom. The minimum atomic E-state index is -4.05. The number of carbonyl (C=O) groups is 1. The summed E-state index contributed by atoms with van der Waals surface area (Å²) in [6, 6.07) is 11.4. The number of unbranched alkanes of at least 4 members (excludes halogenated alkanes) is 11. The molecule has 1 amide bonds. The van der Waals surface area contributed by atoms with Gasteiger partial charge in [0.05, 0.1) is 11.5 Å². The van der Waals surface area contributed by atoms with Crippen molar-refractivity contribution in [2.75, 3.05) is 0 Å². The molecule has 2 aromatic carbocycles. The molecule has 1 fully saturated rings. The number of nitrogens with one attached hydrogen (secondary N) is 1. The van der Waals surface area contributed by atoms with Crippen LogP contribution in [-0.2, 0) is 14.9 Å². The zero-order chi connectivity index (χ0) is 29.5. The number of carbonyl (C=O) groups excluding carboxylic acids is 1. The van der Waals surface area contributed by atoms with E-state index in [2.05, 4.69) is 54.3 Å². The Morgan fingerprint density at radius 1 is 0.927 bits per heavy atom. The normalized spacial score (nSPS) is 16.5. The summed E-state index contributed by atoms with van der Waals surface area (Å²) in [4.78, 5) is 12.4. The van der Waals surface area contributed by atoms with E-state index in [1.54, 1.807) is 36.4 Å². The van der Waals surface area contributed by atoms with Gasteiger partial charge in [-0.1, -0.05) is 124 Å². The van der Waals surface area contributed by atoms with Crippen molar-refractivity contribution in [3.63, 3.8) is 0 Å². The van der Waals surface area contributed by atoms with Crippen LogP contribution in [0.4, 0.5) is 0 Å². The molecule has 3 rings (SSSR count). The number of halogens is 2. The maximum Gasteiger partial charge on any atom is 0.340 e. The van der Waals surface area contributed by atoms with E-state index in [0.717, 1.165) is 19.3 Å². The average molecular weight is 730 g/mol. The molecule has 1 saturated heterocycles. The van der Waals surface area contributed by atoms with Crippen molar-refractivity contribution in [1.29, 1.82) is 0 Å². The molecule has 0 saturated carbocycles. The summed E-state index contributed by atoms with van der Waals surface area (Å²) in [6.07, 6.45) is 17.8. The third-order valence-corrected chi connectivity index (χ3v) is 10.6. The van der Waals surface area contributed by atoms with Gasteiger partial charge in [0.15, 0.2) is 5.17 Å². The summed E-state index contributed by atoms with van der Waals surface area (Å²) >= 11 is 7.96. The van der Waals surface area contributed by atoms with Crippen LogP contribution in [0.5, 0.6) is 5.75 Å². The Kier molecular flexibility index (Phi) is 14.9. The second-order valence-corrected chi connectivity index (χ2v) is 14.6. The summed E-state index contributed by atoms with van der Waals surface area (Å²) in [5.41, 5.74) is 0.609. The number of benzene rings is 2. The molecular weight excluding hydrogens is 690 g/mol. The Morgan fingerprint density at radius 2 is 1.59 bits per heavy atom. The molecule has 1 aliphatic heterocycles. The van der Waals surface area contributed by atoms with Crippen LogP contribution >= 0.6 is 43.6 Å². The van der Waals surface area contributed by atoms with E-state index < -0.39 is 10.1 Å². The fraction of sp³-hybridized carbons (Fsp3) is 0.500. The SMILES string of the molecule is CCCCCCCCCCCCCC[C@H]1S/C(=N\N=C/c2cccc(OS(=O)(=O)c3cc(Br)ccc3Br)c2)NC1=O. The summed E-state index contributed by atoms with van der Waals surface area (Å²) in [5, 5.41) is 11.4. The van der Waals surface area contributed by atoms with E-state index in [-0.39, 0.29) is 21.8 Å². The standard InChI is InChI=1S/C30H39Br2N3O4S2/c1-2-3-4-5-6-7-8-9-10-11-12-13-17-27-29(36)34-30(40-27)35-33-22-23-15-14-16-25(20-23)39-41(37,38)28-21-24(31)18-19-26(28)32/h14-16,18-22,27H,2-13,17H2,1H3,(H,34,35,36)/b33-22-/t27-/m1/s1. The lowest BCUT2D eigenvalue weighted by molar-refractivity contribution is -0.118. The fourth-order valence-electron chi connectivity index (χ4n) is 4.45. The second kappa shape index (κ2) is 18.1. The Bertz CT molecular complexity index is 1300. The maximum atomic E-state index is 12.8. The van der Waals surface area contributed by atoms with Crippen LogP contribution in [0.15, 0.2) is 66.5 Å². The van der Waals surface area contributed by atoms with Gasteiger partial charge in [-0.2, -0.15) is 13.5 Å². The molecule has 2 aromatic rings. The predicted molar refractivity (Wildman–Crippen MR) is 176 cm³/mol. The molecule has 0 spiro atoms. The molecule has 0 unspecified atom stereocenters. The van der Waals surface area contributed by atoms with E-state index in [4.69, 9.17) is 4.18 Å². The van der Waals surface area contributed by atoms with Gasteiger partial charge in [-0.15, -0.1) is 5.10 Å². The first-order chi connectivity index (χ1) is 19.8. The molecule has 1 N–H and O–H groups in total. The highest BCUT2D eigenvalue weighted by molar-refractivity contribution is 9.11. The van der Waals surface area contributed by atoms with Crippen molar-refractivity contribution in [3.8, 4) is 5.75 Å². The third kappa shape index (κ3) is 12.2. The number of hydrogen-bond acceptors (Lipinski definition) is 7. The molecule has 1 aliphatic rings. The molecule has 7 nitrogen and oxygen atoms in total. The van der Waals surface area contributed by atoms with Crippen molar-refractivity contribution in [1.82, 2.24) is 5.32 Å². The molecule has 11 heteroatoms. The molecule has 1 heterocycles. The summed E-state index contributed by atoms with van der Waals surface area (Å²) < 4.78 is 31.9. The first-order valence-corrected chi connectivity index (χ1v) is 18.2. The third-order valence-electron chi connectivity index (χ3n) is 6.68. The topological polar surface area (TPSA) is 97.2 Å². The van der Waals surface area contributed by atoms with Gasteiger partial charge >= 0.3 is 10.1 Å². The van der Waals surface area contributed by atoms with E-state index in [1.807, 2.05) is 0 Å². The molecule has 224 valence electrons. The zero-order valence-corrected chi connectivity index (χ0v) is 28.3. The maximum absolute atomic E-state index is 12.8. The van der Waals surface area contributed by atoms with Crippen molar-refractivity contribution >= 4 is 71.0 Å². The average Bonchev–Trinajstić information content (AvgIpc) is 3.29. The van der Waals surface area contributed by atoms with Crippen LogP contribution in [0.2, 0.25) is 0 Å². The molecule has 0 aromatic heterocycles. The lowest BCUT2D eigenvalue weighted by atomic mass is 10.0. The van der Waals surface area contributed by atoms with E-state index in [1.165, 1.54) is 88.3 Å². The molecule has 0 aliphatic carbocycles. The van der Waals surface area contributed by atoms with Crippen LogP contribution < -0.4 is 9.50 Å². The Labute approximate surface area is 265 Å². The summed E-state index contributed by atoms with van der Waals surface area (Å²) in [5.74, 6) is 0.130. The Balaban J connectivity index is 1.38. The summed E-state index contributed by atoms with van der Waals surface area (Å²) in [6.45, 7) is 2.25. The zero-order valence-electron chi connectivity index (χ0n) is 23.5. The predicted octanol–water partition coefficient (Wildman–Crippen LogP) is 8.99. The number of nitrogens with zero attached hydrogens (tertiary/aromatic N) is 2. The molecule has 0 bridgehead atoms. The van der Waals surface area contributed by atoms with Crippen LogP contribution in [0.25, 0.3) is 0 Å². The van der Waals surface area contributed by atoms with Crippen LogP contribution in [-0.4, -0.2) is 31.0 Å². The van der Waals surface area contributed by atoms with E-state index >= 15 is 0 Å². The van der Waals surface area contributed by atoms with Crippen molar-refractivity contribution < 1.29 is 17.4 Å². The Hall–Kier alpha value is -1.69. The van der Waals surface area contributed by atoms with Crippen molar-refractivity contribution in [3.05, 3.63) is 57.0 Å². The minimum Gasteiger partial charge on any atom is -0.379 e. The molecule has 0 radical (unpaired) electrons. The number of thioether (sulfide) groups is 1. The molecule has 1 atom stereocenters. The number of rotatable bonds is 18. The molecule has 41 heavy (non-hydrogen) atoms. The van der Waals surface area contributed by atoms with Gasteiger partial charge in [0.1, 0.15) is 10.6 Å². The highest BCUT2D eigenvalue weighted by Crippen LogP contribution is 2.29. The van der Waals surface area contributed by atoms with Gasteiger partial charge < -0.3 is 9.50 Å². The highest BCUT2D eigenvalue weighted by atomic mass is 79.9. The highest BCUT2D eigenvalue weighted by Gasteiger charge is 2.29. The number of amides is 1. The largest absolute Gasteiger partial charge is 0.379 e. The summed E-state index contributed by atoms with van der Waals surface area (Å²) in [7, 11) is -4.05. The molecular formula is C30H39Br2N3O4S2. The first-order valence-electron chi connectivity index (χ1n) is 14.4. The quantitative estimate of drug-likeness (QED) is 0.0715. The van der Waals surface area contributed by atoms with Crippen LogP contribution in [0, 0.1) is 0 Å². The van der Waals surface area contributed by atoms with Crippen LogP contribution in [0.1, 0.15) is 96.0 Å². The van der Waals surface area contributed by atoms with Gasteiger partial charge in [0.25, 0.3) is 0 Å². The smallest absolute Gasteiger partial charge is 0.340 e. The minimum absolute atomic E-state index is 0.0180. The second-order valence-electron chi connectivity index (χ2n) is 10.1.